The van der Waals surface area contributed by atoms with E-state index in [1.54, 1.807) is 6.07 Å². The number of aromatic nitrogens is 3. The molecule has 0 saturated carbocycles. The van der Waals surface area contributed by atoms with Crippen LogP contribution in [0.4, 0.5) is 0 Å². The molecule has 3 heterocycles. The highest BCUT2D eigenvalue weighted by Gasteiger charge is 2.21. The molecule has 6 nitrogen and oxygen atoms in total. The van der Waals surface area contributed by atoms with Crippen molar-refractivity contribution in [3.05, 3.63) is 23.7 Å². The number of carbonyl (C=O) groups is 1. The van der Waals surface area contributed by atoms with E-state index < -0.39 is 5.97 Å². The lowest BCUT2D eigenvalue weighted by Crippen LogP contribution is -2.31. The topological polar surface area (TPSA) is 77.2 Å². The first kappa shape index (κ1) is 11.2. The van der Waals surface area contributed by atoms with Crippen molar-refractivity contribution in [1.82, 2.24) is 14.5 Å². The quantitative estimate of drug-likeness (QED) is 0.882. The van der Waals surface area contributed by atoms with Crippen LogP contribution in [0.5, 0.6) is 0 Å². The smallest absolute Gasteiger partial charge is 0.354 e. The lowest BCUT2D eigenvalue weighted by molar-refractivity contribution is -0.0589. The molecular formula is C12H13N3O3. The van der Waals surface area contributed by atoms with Gasteiger partial charge in [-0.05, 0) is 25.5 Å². The van der Waals surface area contributed by atoms with Gasteiger partial charge in [-0.3, -0.25) is 0 Å². The van der Waals surface area contributed by atoms with Crippen LogP contribution in [-0.4, -0.2) is 38.3 Å². The van der Waals surface area contributed by atoms with Crippen molar-refractivity contribution in [1.29, 1.82) is 0 Å². The van der Waals surface area contributed by atoms with Gasteiger partial charge in [-0.1, -0.05) is 0 Å². The van der Waals surface area contributed by atoms with Crippen molar-refractivity contribution in [2.75, 3.05) is 6.61 Å². The predicted octanol–water partition coefficient (Wildman–Crippen LogP) is 1.23. The van der Waals surface area contributed by atoms with Gasteiger partial charge in [0.15, 0.2) is 11.3 Å². The summed E-state index contributed by atoms with van der Waals surface area (Å²) in [5.74, 6) is -0.197. The fourth-order valence-corrected chi connectivity index (χ4v) is 2.08. The summed E-state index contributed by atoms with van der Waals surface area (Å²) in [5, 5.41) is 8.96. The maximum absolute atomic E-state index is 10.9. The molecule has 18 heavy (non-hydrogen) atoms. The van der Waals surface area contributed by atoms with Gasteiger partial charge in [-0.2, -0.15) is 0 Å². The third-order valence-electron chi connectivity index (χ3n) is 3.18. The van der Waals surface area contributed by atoms with Crippen LogP contribution in [0.25, 0.3) is 11.2 Å². The highest BCUT2D eigenvalue weighted by molar-refractivity contribution is 5.88. The van der Waals surface area contributed by atoms with Gasteiger partial charge in [0, 0.05) is 6.61 Å². The summed E-state index contributed by atoms with van der Waals surface area (Å²) in [7, 11) is 0. The van der Waals surface area contributed by atoms with Crippen LogP contribution in [0.15, 0.2) is 12.1 Å². The Labute approximate surface area is 103 Å². The van der Waals surface area contributed by atoms with Gasteiger partial charge in [-0.25, -0.2) is 14.8 Å². The molecule has 1 fully saturated rings. The Morgan fingerprint density at radius 2 is 2.33 bits per heavy atom. The van der Waals surface area contributed by atoms with Crippen LogP contribution >= 0.6 is 0 Å². The van der Waals surface area contributed by atoms with Crippen molar-refractivity contribution < 1.29 is 14.6 Å². The molecule has 1 N–H and O–H groups in total. The second-order valence-electron chi connectivity index (χ2n) is 4.40. The number of carboxylic acids is 1. The molecule has 1 aliphatic heterocycles. The van der Waals surface area contributed by atoms with E-state index in [1.807, 2.05) is 11.5 Å². The summed E-state index contributed by atoms with van der Waals surface area (Å²) in [6.45, 7) is 3.36. The minimum atomic E-state index is -1.03. The first-order chi connectivity index (χ1) is 8.65. The Morgan fingerprint density at radius 3 is 2.94 bits per heavy atom. The average molecular weight is 247 g/mol. The van der Waals surface area contributed by atoms with Gasteiger partial charge in [0.25, 0.3) is 0 Å². The van der Waals surface area contributed by atoms with E-state index in [0.29, 0.717) is 12.2 Å². The summed E-state index contributed by atoms with van der Waals surface area (Å²) < 4.78 is 7.32. The zero-order chi connectivity index (χ0) is 12.7. The molecule has 6 heteroatoms. The molecule has 0 bridgehead atoms. The second-order valence-corrected chi connectivity index (χ2v) is 4.40. The molecule has 0 radical (unpaired) electrons. The number of rotatable bonds is 3. The molecule has 1 atom stereocenters. The van der Waals surface area contributed by atoms with E-state index in [1.165, 1.54) is 6.07 Å². The number of hydrogen-bond donors (Lipinski definition) is 1. The highest BCUT2D eigenvalue weighted by atomic mass is 16.5. The zero-order valence-corrected chi connectivity index (χ0v) is 9.96. The highest BCUT2D eigenvalue weighted by Crippen LogP contribution is 2.19. The van der Waals surface area contributed by atoms with E-state index in [-0.39, 0.29) is 11.8 Å². The van der Waals surface area contributed by atoms with Gasteiger partial charge in [-0.15, -0.1) is 0 Å². The van der Waals surface area contributed by atoms with Crippen LogP contribution in [0, 0.1) is 6.92 Å². The molecule has 0 amide bonds. The molecule has 3 rings (SSSR count). The molecule has 94 valence electrons. The number of imidazole rings is 1. The monoisotopic (exact) mass is 247 g/mol. The maximum Gasteiger partial charge on any atom is 0.354 e. The number of carboxylic acid groups (broad SMARTS) is 1. The zero-order valence-electron chi connectivity index (χ0n) is 9.96. The fraction of sp³-hybridized carbons (Fsp3) is 0.417. The molecule has 0 spiro atoms. The summed E-state index contributed by atoms with van der Waals surface area (Å²) in [6.07, 6.45) is 1.22. The number of pyridine rings is 1. The van der Waals surface area contributed by atoms with Crippen molar-refractivity contribution in [3.8, 4) is 0 Å². The number of ether oxygens (including phenoxy) is 1. The van der Waals surface area contributed by atoms with E-state index in [0.717, 1.165) is 24.4 Å². The van der Waals surface area contributed by atoms with Gasteiger partial charge in [0.1, 0.15) is 11.3 Å². The molecule has 1 aliphatic rings. The Bertz CT molecular complexity index is 616. The fourth-order valence-electron chi connectivity index (χ4n) is 2.08. The second kappa shape index (κ2) is 4.06. The van der Waals surface area contributed by atoms with Gasteiger partial charge in [0.05, 0.1) is 12.6 Å². The number of aryl methyl sites for hydroxylation is 1. The molecular weight excluding hydrogens is 234 g/mol. The van der Waals surface area contributed by atoms with Gasteiger partial charge >= 0.3 is 5.97 Å². The van der Waals surface area contributed by atoms with Crippen LogP contribution < -0.4 is 0 Å². The van der Waals surface area contributed by atoms with Gasteiger partial charge in [0.2, 0.25) is 0 Å². The number of aromatic carboxylic acids is 1. The molecule has 2 aromatic heterocycles. The number of nitrogens with zero attached hydrogens (tertiary/aromatic N) is 3. The van der Waals surface area contributed by atoms with Crippen molar-refractivity contribution >= 4 is 17.1 Å². The first-order valence-electron chi connectivity index (χ1n) is 5.84. The molecule has 1 saturated heterocycles. The number of fused-ring (bicyclic) bond motifs is 1. The first-order valence-corrected chi connectivity index (χ1v) is 5.84. The minimum absolute atomic E-state index is 0.0400. The lowest BCUT2D eigenvalue weighted by atomic mass is 10.2. The normalized spacial score (nSPS) is 18.8. The van der Waals surface area contributed by atoms with E-state index in [2.05, 4.69) is 9.97 Å². The van der Waals surface area contributed by atoms with Crippen LogP contribution in [0.2, 0.25) is 0 Å². The summed E-state index contributed by atoms with van der Waals surface area (Å²) in [6, 6.07) is 3.16. The van der Waals surface area contributed by atoms with E-state index in [4.69, 9.17) is 9.84 Å². The summed E-state index contributed by atoms with van der Waals surface area (Å²) >= 11 is 0. The van der Waals surface area contributed by atoms with Gasteiger partial charge < -0.3 is 14.4 Å². The summed E-state index contributed by atoms with van der Waals surface area (Å²) in [4.78, 5) is 19.5. The van der Waals surface area contributed by atoms with Crippen LogP contribution in [0.1, 0.15) is 22.7 Å². The van der Waals surface area contributed by atoms with Crippen molar-refractivity contribution in [2.24, 2.45) is 0 Å². The van der Waals surface area contributed by atoms with E-state index >= 15 is 0 Å². The van der Waals surface area contributed by atoms with Crippen LogP contribution in [-0.2, 0) is 11.3 Å². The van der Waals surface area contributed by atoms with Crippen molar-refractivity contribution in [3.63, 3.8) is 0 Å². The predicted molar refractivity (Wildman–Crippen MR) is 63.6 cm³/mol. The van der Waals surface area contributed by atoms with E-state index in [9.17, 15) is 4.79 Å². The Morgan fingerprint density at radius 1 is 1.56 bits per heavy atom. The Balaban J connectivity index is 2.06. The minimum Gasteiger partial charge on any atom is -0.477 e. The summed E-state index contributed by atoms with van der Waals surface area (Å²) in [5.41, 5.74) is 1.37. The molecule has 0 aromatic carbocycles. The molecule has 2 aromatic rings. The standard InChI is InChI=1S/C12H13N3O3/c1-7-13-9-2-3-10(12(16)17)14-11(9)15(7)6-8-4-5-18-8/h2-3,8H,4-6H2,1H3,(H,16,17)/t8-/m0/s1. The molecule has 0 aliphatic carbocycles. The Kier molecular flexibility index (Phi) is 2.52. The van der Waals surface area contributed by atoms with Crippen molar-refractivity contribution in [2.45, 2.75) is 26.0 Å². The number of hydrogen-bond acceptors (Lipinski definition) is 4. The lowest BCUT2D eigenvalue weighted by Gasteiger charge is -2.27. The SMILES string of the molecule is Cc1nc2ccc(C(=O)O)nc2n1C[C@@H]1CCO1. The Hall–Kier alpha value is -1.95. The largest absolute Gasteiger partial charge is 0.477 e. The third-order valence-corrected chi connectivity index (χ3v) is 3.18. The van der Waals surface area contributed by atoms with Crippen LogP contribution in [0.3, 0.4) is 0 Å². The maximum atomic E-state index is 10.9. The average Bonchev–Trinajstić information content (AvgIpc) is 2.58. The third kappa shape index (κ3) is 1.74. The molecule has 0 unspecified atom stereocenters.